The van der Waals surface area contributed by atoms with Crippen molar-refractivity contribution in [2.75, 3.05) is 34.4 Å². The average molecular weight is 306 g/mol. The fraction of sp³-hybridized carbons (Fsp3) is 0.588. The second kappa shape index (κ2) is 10.2. The van der Waals surface area contributed by atoms with Gasteiger partial charge in [-0.15, -0.1) is 0 Å². The van der Waals surface area contributed by atoms with E-state index in [1.54, 1.807) is 7.11 Å². The number of ether oxygens (including phenoxy) is 1. The third kappa shape index (κ3) is 6.91. The number of nitrogens with zero attached hydrogens (tertiary/aromatic N) is 2. The first-order valence-electron chi connectivity index (χ1n) is 7.82. The third-order valence-corrected chi connectivity index (χ3v) is 3.16. The molecular formula is C17H30N4O. The van der Waals surface area contributed by atoms with Gasteiger partial charge in [0.2, 0.25) is 0 Å². The molecule has 0 aliphatic rings. The highest BCUT2D eigenvalue weighted by molar-refractivity contribution is 5.80. The van der Waals surface area contributed by atoms with E-state index in [0.29, 0.717) is 13.2 Å². The van der Waals surface area contributed by atoms with Crippen LogP contribution in [0.5, 0.6) is 0 Å². The minimum Gasteiger partial charge on any atom is -0.383 e. The fourth-order valence-electron chi connectivity index (χ4n) is 2.22. The molecule has 0 saturated carbocycles. The van der Waals surface area contributed by atoms with E-state index in [1.807, 2.05) is 0 Å². The summed E-state index contributed by atoms with van der Waals surface area (Å²) in [5.74, 6) is 0.826. The zero-order valence-corrected chi connectivity index (χ0v) is 14.5. The molecule has 22 heavy (non-hydrogen) atoms. The number of nitrogens with one attached hydrogen (secondary N) is 2. The molecule has 124 valence electrons. The number of guanidine groups is 1. The molecule has 1 rings (SSSR count). The van der Waals surface area contributed by atoms with E-state index in [0.717, 1.165) is 19.0 Å². The maximum Gasteiger partial charge on any atom is 0.191 e. The normalized spacial score (nSPS) is 13.3. The lowest BCUT2D eigenvalue weighted by Gasteiger charge is -2.17. The van der Waals surface area contributed by atoms with Gasteiger partial charge in [-0.05, 0) is 39.1 Å². The van der Waals surface area contributed by atoms with Crippen LogP contribution >= 0.6 is 0 Å². The molecule has 0 bridgehead atoms. The van der Waals surface area contributed by atoms with Crippen molar-refractivity contribution >= 4 is 5.96 Å². The molecule has 0 fully saturated rings. The number of methoxy groups -OCH3 is 1. The Morgan fingerprint density at radius 2 is 1.95 bits per heavy atom. The van der Waals surface area contributed by atoms with Gasteiger partial charge in [-0.3, -0.25) is 0 Å². The highest BCUT2D eigenvalue weighted by atomic mass is 16.5. The van der Waals surface area contributed by atoms with Gasteiger partial charge in [0.1, 0.15) is 0 Å². The smallest absolute Gasteiger partial charge is 0.191 e. The van der Waals surface area contributed by atoms with E-state index in [1.165, 1.54) is 11.1 Å². The molecular weight excluding hydrogens is 276 g/mol. The van der Waals surface area contributed by atoms with Gasteiger partial charge >= 0.3 is 0 Å². The SMILES string of the molecule is CCNC(=NCc1ccccc1CN(C)C)NC(C)COC. The zero-order chi connectivity index (χ0) is 16.4. The van der Waals surface area contributed by atoms with Gasteiger partial charge in [-0.2, -0.15) is 0 Å². The van der Waals surface area contributed by atoms with E-state index in [4.69, 9.17) is 9.73 Å². The maximum absolute atomic E-state index is 5.16. The quantitative estimate of drug-likeness (QED) is 0.568. The number of benzene rings is 1. The van der Waals surface area contributed by atoms with Crippen LogP contribution in [-0.2, 0) is 17.8 Å². The Morgan fingerprint density at radius 3 is 2.55 bits per heavy atom. The van der Waals surface area contributed by atoms with E-state index in [2.05, 4.69) is 67.7 Å². The summed E-state index contributed by atoms with van der Waals surface area (Å²) >= 11 is 0. The van der Waals surface area contributed by atoms with Crippen molar-refractivity contribution in [3.63, 3.8) is 0 Å². The van der Waals surface area contributed by atoms with Gasteiger partial charge in [0.05, 0.1) is 13.2 Å². The van der Waals surface area contributed by atoms with Crippen molar-refractivity contribution in [3.05, 3.63) is 35.4 Å². The summed E-state index contributed by atoms with van der Waals surface area (Å²) in [4.78, 5) is 6.87. The van der Waals surface area contributed by atoms with Gasteiger partial charge in [0.25, 0.3) is 0 Å². The fourth-order valence-corrected chi connectivity index (χ4v) is 2.22. The second-order valence-electron chi connectivity index (χ2n) is 5.70. The molecule has 0 saturated heterocycles. The van der Waals surface area contributed by atoms with Gasteiger partial charge in [0.15, 0.2) is 5.96 Å². The van der Waals surface area contributed by atoms with Gasteiger partial charge in [0, 0.05) is 26.2 Å². The van der Waals surface area contributed by atoms with E-state index < -0.39 is 0 Å². The Hall–Kier alpha value is -1.59. The molecule has 0 aromatic heterocycles. The molecule has 1 aromatic rings. The predicted molar refractivity (Wildman–Crippen MR) is 93.1 cm³/mol. The zero-order valence-electron chi connectivity index (χ0n) is 14.5. The number of aliphatic imine (C=N–C) groups is 1. The molecule has 2 N–H and O–H groups in total. The van der Waals surface area contributed by atoms with Crippen molar-refractivity contribution in [2.24, 2.45) is 4.99 Å². The molecule has 0 spiro atoms. The maximum atomic E-state index is 5.16. The van der Waals surface area contributed by atoms with Crippen molar-refractivity contribution in [3.8, 4) is 0 Å². The molecule has 0 aliphatic carbocycles. The summed E-state index contributed by atoms with van der Waals surface area (Å²) < 4.78 is 5.16. The molecule has 0 radical (unpaired) electrons. The summed E-state index contributed by atoms with van der Waals surface area (Å²) in [6.45, 7) is 7.23. The van der Waals surface area contributed by atoms with Crippen LogP contribution in [-0.4, -0.2) is 51.3 Å². The van der Waals surface area contributed by atoms with Crippen LogP contribution in [0.2, 0.25) is 0 Å². The van der Waals surface area contributed by atoms with Crippen LogP contribution in [0.1, 0.15) is 25.0 Å². The second-order valence-corrected chi connectivity index (χ2v) is 5.70. The molecule has 0 heterocycles. The molecule has 0 aliphatic heterocycles. The van der Waals surface area contributed by atoms with E-state index in [9.17, 15) is 0 Å². The molecule has 1 atom stereocenters. The van der Waals surface area contributed by atoms with Crippen LogP contribution in [0.4, 0.5) is 0 Å². The third-order valence-electron chi connectivity index (χ3n) is 3.16. The van der Waals surface area contributed by atoms with Crippen molar-refractivity contribution in [2.45, 2.75) is 33.0 Å². The van der Waals surface area contributed by atoms with Crippen molar-refractivity contribution in [1.82, 2.24) is 15.5 Å². The van der Waals surface area contributed by atoms with E-state index in [-0.39, 0.29) is 6.04 Å². The molecule has 5 heteroatoms. The molecule has 1 unspecified atom stereocenters. The highest BCUT2D eigenvalue weighted by Gasteiger charge is 2.06. The Kier molecular flexibility index (Phi) is 8.55. The monoisotopic (exact) mass is 306 g/mol. The average Bonchev–Trinajstić information content (AvgIpc) is 2.46. The summed E-state index contributed by atoms with van der Waals surface area (Å²) in [5.41, 5.74) is 2.57. The minimum atomic E-state index is 0.222. The Bertz CT molecular complexity index is 460. The lowest BCUT2D eigenvalue weighted by Crippen LogP contribution is -2.43. The van der Waals surface area contributed by atoms with Crippen molar-refractivity contribution < 1.29 is 4.74 Å². The first kappa shape index (κ1) is 18.5. The highest BCUT2D eigenvalue weighted by Crippen LogP contribution is 2.11. The first-order chi connectivity index (χ1) is 10.6. The van der Waals surface area contributed by atoms with Gasteiger partial charge < -0.3 is 20.3 Å². The van der Waals surface area contributed by atoms with Crippen LogP contribution in [0.15, 0.2) is 29.3 Å². The Balaban J connectivity index is 2.77. The standard InChI is InChI=1S/C17H30N4O/c1-6-18-17(20-14(2)13-22-5)19-11-15-9-7-8-10-16(15)12-21(3)4/h7-10,14H,6,11-13H2,1-5H3,(H2,18,19,20). The van der Waals surface area contributed by atoms with Crippen LogP contribution in [0, 0.1) is 0 Å². The lowest BCUT2D eigenvalue weighted by molar-refractivity contribution is 0.179. The summed E-state index contributed by atoms with van der Waals surface area (Å²) in [5, 5.41) is 6.63. The first-order valence-corrected chi connectivity index (χ1v) is 7.82. The van der Waals surface area contributed by atoms with Crippen LogP contribution in [0.3, 0.4) is 0 Å². The van der Waals surface area contributed by atoms with Crippen LogP contribution in [0.25, 0.3) is 0 Å². The lowest BCUT2D eigenvalue weighted by atomic mass is 10.1. The summed E-state index contributed by atoms with van der Waals surface area (Å²) in [7, 11) is 5.87. The van der Waals surface area contributed by atoms with Crippen LogP contribution < -0.4 is 10.6 Å². The number of hydrogen-bond donors (Lipinski definition) is 2. The topological polar surface area (TPSA) is 48.9 Å². The Morgan fingerprint density at radius 1 is 1.27 bits per heavy atom. The number of hydrogen-bond acceptors (Lipinski definition) is 3. The summed E-state index contributed by atoms with van der Waals surface area (Å²) in [6.07, 6.45) is 0. The molecule has 1 aromatic carbocycles. The minimum absolute atomic E-state index is 0.222. The van der Waals surface area contributed by atoms with Gasteiger partial charge in [-0.1, -0.05) is 24.3 Å². The number of rotatable bonds is 8. The van der Waals surface area contributed by atoms with E-state index >= 15 is 0 Å². The summed E-state index contributed by atoms with van der Waals surface area (Å²) in [6, 6.07) is 8.68. The van der Waals surface area contributed by atoms with Gasteiger partial charge in [-0.25, -0.2) is 4.99 Å². The largest absolute Gasteiger partial charge is 0.383 e. The Labute approximate surface area is 134 Å². The predicted octanol–water partition coefficient (Wildman–Crippen LogP) is 1.84. The van der Waals surface area contributed by atoms with Crippen molar-refractivity contribution in [1.29, 1.82) is 0 Å². The molecule has 5 nitrogen and oxygen atoms in total. The molecule has 0 amide bonds.